The van der Waals surface area contributed by atoms with Gasteiger partial charge in [-0.3, -0.25) is 9.69 Å². The van der Waals surface area contributed by atoms with Crippen LogP contribution in [0.2, 0.25) is 0 Å². The molecule has 1 aromatic rings. The van der Waals surface area contributed by atoms with Crippen molar-refractivity contribution in [1.29, 1.82) is 0 Å². The number of amides is 2. The van der Waals surface area contributed by atoms with Gasteiger partial charge in [0.25, 0.3) is 0 Å². The summed E-state index contributed by atoms with van der Waals surface area (Å²) < 4.78 is 5.41. The van der Waals surface area contributed by atoms with Gasteiger partial charge in [-0.1, -0.05) is 31.2 Å². The van der Waals surface area contributed by atoms with Gasteiger partial charge in [0.05, 0.1) is 0 Å². The van der Waals surface area contributed by atoms with Gasteiger partial charge in [0.1, 0.15) is 5.60 Å². The zero-order chi connectivity index (χ0) is 20.6. The number of hydrogen-bond acceptors (Lipinski definition) is 4. The van der Waals surface area contributed by atoms with E-state index in [4.69, 9.17) is 4.74 Å². The minimum absolute atomic E-state index is 0.0898. The van der Waals surface area contributed by atoms with Crippen LogP contribution < -0.4 is 5.32 Å². The van der Waals surface area contributed by atoms with Gasteiger partial charge in [-0.25, -0.2) is 4.79 Å². The first-order chi connectivity index (χ1) is 13.3. The normalized spacial score (nSPS) is 15.4. The molecule has 0 bridgehead atoms. The van der Waals surface area contributed by atoms with Crippen molar-refractivity contribution in [2.75, 3.05) is 39.3 Å². The lowest BCUT2D eigenvalue weighted by Gasteiger charge is -2.35. The van der Waals surface area contributed by atoms with E-state index in [0.717, 1.165) is 32.5 Å². The van der Waals surface area contributed by atoms with Crippen molar-refractivity contribution in [3.8, 4) is 0 Å². The van der Waals surface area contributed by atoms with E-state index in [1.807, 2.05) is 20.8 Å². The quantitative estimate of drug-likeness (QED) is 0.779. The van der Waals surface area contributed by atoms with Crippen LogP contribution in [0, 0.1) is 0 Å². The molecule has 28 heavy (non-hydrogen) atoms. The zero-order valence-electron chi connectivity index (χ0n) is 17.8. The number of aryl methyl sites for hydroxylation is 2. The van der Waals surface area contributed by atoms with Crippen LogP contribution in [-0.4, -0.2) is 66.7 Å². The van der Waals surface area contributed by atoms with Gasteiger partial charge < -0.3 is 15.0 Å². The average Bonchev–Trinajstić information content (AvgIpc) is 2.66. The summed E-state index contributed by atoms with van der Waals surface area (Å²) in [4.78, 5) is 28.2. The molecule has 1 aliphatic heterocycles. The van der Waals surface area contributed by atoms with Gasteiger partial charge in [-0.15, -0.1) is 0 Å². The van der Waals surface area contributed by atoms with Crippen molar-refractivity contribution in [3.63, 3.8) is 0 Å². The Kier molecular flexibility index (Phi) is 8.30. The Balaban J connectivity index is 1.59. The summed E-state index contributed by atoms with van der Waals surface area (Å²) in [6.07, 6.45) is 2.07. The summed E-state index contributed by atoms with van der Waals surface area (Å²) in [7, 11) is 0. The maximum Gasteiger partial charge on any atom is 0.410 e. The molecule has 1 aliphatic rings. The summed E-state index contributed by atoms with van der Waals surface area (Å²) in [5, 5.41) is 3.00. The monoisotopic (exact) mass is 389 g/mol. The second-order valence-corrected chi connectivity index (χ2v) is 8.33. The van der Waals surface area contributed by atoms with Crippen LogP contribution in [0.3, 0.4) is 0 Å². The number of hydrogen-bond donors (Lipinski definition) is 1. The molecule has 1 fully saturated rings. The molecule has 0 radical (unpaired) electrons. The van der Waals surface area contributed by atoms with Gasteiger partial charge in [0.15, 0.2) is 0 Å². The lowest BCUT2D eigenvalue weighted by atomic mass is 10.1. The molecule has 0 atom stereocenters. The summed E-state index contributed by atoms with van der Waals surface area (Å²) in [5.41, 5.74) is 2.06. The molecule has 1 aromatic carbocycles. The molecule has 0 unspecified atom stereocenters. The third-order valence-electron chi connectivity index (χ3n) is 4.85. The zero-order valence-corrected chi connectivity index (χ0v) is 17.8. The Morgan fingerprint density at radius 2 is 1.64 bits per heavy atom. The largest absolute Gasteiger partial charge is 0.444 e. The molecule has 1 N–H and O–H groups in total. The fourth-order valence-electron chi connectivity index (χ4n) is 3.12. The summed E-state index contributed by atoms with van der Waals surface area (Å²) in [6, 6.07) is 8.47. The summed E-state index contributed by atoms with van der Waals surface area (Å²) in [6.45, 7) is 12.2. The Morgan fingerprint density at radius 1 is 1.04 bits per heavy atom. The second kappa shape index (κ2) is 10.5. The highest BCUT2D eigenvalue weighted by atomic mass is 16.6. The predicted octanol–water partition coefficient (Wildman–Crippen LogP) is 2.85. The lowest BCUT2D eigenvalue weighted by Crippen LogP contribution is -2.51. The number of carbonyl (C=O) groups excluding carboxylic acids is 2. The molecule has 0 aliphatic carbocycles. The standard InChI is InChI=1S/C22H35N3O3/c1-5-18-6-8-19(9-7-18)10-11-20(26)23-12-13-24-14-16-25(17-15-24)21(27)28-22(2,3)4/h6-9H,5,10-17H2,1-4H3,(H,23,26). The average molecular weight is 390 g/mol. The predicted molar refractivity (Wildman–Crippen MR) is 111 cm³/mol. The first kappa shape index (κ1) is 22.2. The van der Waals surface area contributed by atoms with Gasteiger partial charge in [-0.2, -0.15) is 0 Å². The van der Waals surface area contributed by atoms with E-state index in [2.05, 4.69) is 41.4 Å². The van der Waals surface area contributed by atoms with Crippen molar-refractivity contribution in [2.24, 2.45) is 0 Å². The van der Waals surface area contributed by atoms with Crippen LogP contribution in [0.15, 0.2) is 24.3 Å². The Labute approximate surface area is 169 Å². The van der Waals surface area contributed by atoms with E-state index in [1.54, 1.807) is 4.90 Å². The van der Waals surface area contributed by atoms with Crippen LogP contribution in [0.25, 0.3) is 0 Å². The SMILES string of the molecule is CCc1ccc(CCC(=O)NCCN2CCN(C(=O)OC(C)(C)C)CC2)cc1. The van der Waals surface area contributed by atoms with E-state index in [-0.39, 0.29) is 12.0 Å². The van der Waals surface area contributed by atoms with Gasteiger partial charge in [0, 0.05) is 45.7 Å². The maximum atomic E-state index is 12.1. The first-order valence-electron chi connectivity index (χ1n) is 10.3. The third kappa shape index (κ3) is 7.89. The number of benzene rings is 1. The van der Waals surface area contributed by atoms with Crippen LogP contribution in [0.1, 0.15) is 45.2 Å². The number of rotatable bonds is 7. The second-order valence-electron chi connectivity index (χ2n) is 8.33. The molecule has 0 saturated carbocycles. The van der Waals surface area contributed by atoms with Gasteiger partial charge in [0.2, 0.25) is 5.91 Å². The molecule has 1 heterocycles. The molecule has 156 valence electrons. The van der Waals surface area contributed by atoms with Gasteiger partial charge in [-0.05, 0) is 44.7 Å². The minimum Gasteiger partial charge on any atom is -0.444 e. The first-order valence-corrected chi connectivity index (χ1v) is 10.3. The van der Waals surface area contributed by atoms with Crippen molar-refractivity contribution in [3.05, 3.63) is 35.4 Å². The Hall–Kier alpha value is -2.08. The molecule has 2 amide bonds. The fourth-order valence-corrected chi connectivity index (χ4v) is 3.12. The molecular formula is C22H35N3O3. The van der Waals surface area contributed by atoms with E-state index >= 15 is 0 Å². The maximum absolute atomic E-state index is 12.1. The fraction of sp³-hybridized carbons (Fsp3) is 0.636. The van der Waals surface area contributed by atoms with Crippen molar-refractivity contribution >= 4 is 12.0 Å². The highest BCUT2D eigenvalue weighted by Gasteiger charge is 2.25. The van der Waals surface area contributed by atoms with Gasteiger partial charge >= 0.3 is 6.09 Å². The van der Waals surface area contributed by atoms with Crippen LogP contribution in [0.4, 0.5) is 4.79 Å². The lowest BCUT2D eigenvalue weighted by molar-refractivity contribution is -0.121. The van der Waals surface area contributed by atoms with Crippen LogP contribution >= 0.6 is 0 Å². The van der Waals surface area contributed by atoms with Crippen molar-refractivity contribution < 1.29 is 14.3 Å². The van der Waals surface area contributed by atoms with E-state index in [9.17, 15) is 9.59 Å². The Bertz CT molecular complexity index is 629. The number of carbonyl (C=O) groups is 2. The topological polar surface area (TPSA) is 61.9 Å². The third-order valence-corrected chi connectivity index (χ3v) is 4.85. The number of piperazine rings is 1. The van der Waals surface area contributed by atoms with E-state index in [1.165, 1.54) is 11.1 Å². The molecule has 0 spiro atoms. The molecule has 2 rings (SSSR count). The minimum atomic E-state index is -0.462. The molecule has 6 heteroatoms. The smallest absolute Gasteiger partial charge is 0.410 e. The van der Waals surface area contributed by atoms with E-state index in [0.29, 0.717) is 26.1 Å². The van der Waals surface area contributed by atoms with Crippen molar-refractivity contribution in [1.82, 2.24) is 15.1 Å². The highest BCUT2D eigenvalue weighted by Crippen LogP contribution is 2.12. The highest BCUT2D eigenvalue weighted by molar-refractivity contribution is 5.76. The molecule has 6 nitrogen and oxygen atoms in total. The Morgan fingerprint density at radius 3 is 2.21 bits per heavy atom. The number of nitrogens with zero attached hydrogens (tertiary/aromatic N) is 2. The number of ether oxygens (including phenoxy) is 1. The van der Waals surface area contributed by atoms with Crippen LogP contribution in [0.5, 0.6) is 0 Å². The summed E-state index contributed by atoms with van der Waals surface area (Å²) >= 11 is 0. The molecule has 0 aromatic heterocycles. The van der Waals surface area contributed by atoms with Crippen LogP contribution in [-0.2, 0) is 22.4 Å². The molecule has 1 saturated heterocycles. The van der Waals surface area contributed by atoms with E-state index < -0.39 is 5.60 Å². The van der Waals surface area contributed by atoms with Crippen molar-refractivity contribution in [2.45, 2.75) is 52.6 Å². The molecular weight excluding hydrogens is 354 g/mol. The number of nitrogens with one attached hydrogen (secondary N) is 1. The summed E-state index contributed by atoms with van der Waals surface area (Å²) in [5.74, 6) is 0.0898.